The maximum Gasteiger partial charge on any atom is 0.0738 e. The van der Waals surface area contributed by atoms with Crippen molar-refractivity contribution in [3.8, 4) is 0 Å². The molecule has 18 heavy (non-hydrogen) atoms. The number of rotatable bonds is 8. The molecule has 0 spiro atoms. The van der Waals surface area contributed by atoms with E-state index in [1.807, 2.05) is 18.3 Å². The van der Waals surface area contributed by atoms with Crippen LogP contribution in [-0.4, -0.2) is 24.8 Å². The fourth-order valence-corrected chi connectivity index (χ4v) is 1.90. The number of aromatic amines is 1. The van der Waals surface area contributed by atoms with E-state index in [0.717, 1.165) is 18.5 Å². The molecule has 0 bridgehead atoms. The van der Waals surface area contributed by atoms with Crippen LogP contribution >= 0.6 is 0 Å². The van der Waals surface area contributed by atoms with Gasteiger partial charge in [-0.2, -0.15) is 0 Å². The Balaban J connectivity index is 1.70. The molecule has 0 radical (unpaired) electrons. The van der Waals surface area contributed by atoms with Crippen LogP contribution in [0.2, 0.25) is 0 Å². The summed E-state index contributed by atoms with van der Waals surface area (Å²) < 4.78 is 11.1. The summed E-state index contributed by atoms with van der Waals surface area (Å²) in [6, 6.07) is 8.27. The largest absolute Gasteiger partial charge is 0.379 e. The second-order valence-electron chi connectivity index (χ2n) is 4.38. The Labute approximate surface area is 108 Å². The maximum absolute atomic E-state index is 5.62. The van der Waals surface area contributed by atoms with Gasteiger partial charge < -0.3 is 14.5 Å². The van der Waals surface area contributed by atoms with Crippen molar-refractivity contribution in [3.63, 3.8) is 0 Å². The quantitative estimate of drug-likeness (QED) is 0.724. The zero-order valence-electron chi connectivity index (χ0n) is 10.9. The van der Waals surface area contributed by atoms with Gasteiger partial charge in [0.2, 0.25) is 0 Å². The molecule has 0 aliphatic rings. The van der Waals surface area contributed by atoms with Crippen LogP contribution in [0.15, 0.2) is 30.5 Å². The van der Waals surface area contributed by atoms with Crippen LogP contribution in [0.1, 0.15) is 25.3 Å². The molecule has 0 atom stereocenters. The number of ether oxygens (including phenoxy) is 2. The first-order chi connectivity index (χ1) is 8.92. The van der Waals surface area contributed by atoms with Crippen LogP contribution < -0.4 is 0 Å². The number of unbranched alkanes of at least 4 members (excludes halogenated alkanes) is 1. The summed E-state index contributed by atoms with van der Waals surface area (Å²) >= 11 is 0. The van der Waals surface area contributed by atoms with Crippen molar-refractivity contribution in [2.45, 2.75) is 26.4 Å². The Hall–Kier alpha value is -1.32. The number of hydrogen-bond acceptors (Lipinski definition) is 2. The normalized spacial score (nSPS) is 11.2. The van der Waals surface area contributed by atoms with Crippen LogP contribution in [0, 0.1) is 0 Å². The Morgan fingerprint density at radius 3 is 2.78 bits per heavy atom. The van der Waals surface area contributed by atoms with Crippen molar-refractivity contribution in [3.05, 3.63) is 36.0 Å². The molecule has 0 fully saturated rings. The van der Waals surface area contributed by atoms with Gasteiger partial charge in [-0.25, -0.2) is 0 Å². The monoisotopic (exact) mass is 247 g/mol. The molecule has 3 nitrogen and oxygen atoms in total. The van der Waals surface area contributed by atoms with E-state index in [0.29, 0.717) is 19.8 Å². The molecule has 0 saturated heterocycles. The lowest BCUT2D eigenvalue weighted by Crippen LogP contribution is -2.05. The van der Waals surface area contributed by atoms with Crippen molar-refractivity contribution >= 4 is 10.9 Å². The van der Waals surface area contributed by atoms with E-state index in [1.165, 1.54) is 17.4 Å². The third kappa shape index (κ3) is 3.59. The van der Waals surface area contributed by atoms with Gasteiger partial charge in [0.15, 0.2) is 0 Å². The minimum atomic E-state index is 0.640. The van der Waals surface area contributed by atoms with Crippen LogP contribution in [0.4, 0.5) is 0 Å². The summed E-state index contributed by atoms with van der Waals surface area (Å²) in [4.78, 5) is 3.25. The van der Waals surface area contributed by atoms with Crippen molar-refractivity contribution in [2.75, 3.05) is 19.8 Å². The molecule has 0 aliphatic heterocycles. The van der Waals surface area contributed by atoms with E-state index >= 15 is 0 Å². The highest BCUT2D eigenvalue weighted by atomic mass is 16.5. The molecule has 1 aromatic heterocycles. The van der Waals surface area contributed by atoms with Gasteiger partial charge in [0.1, 0.15) is 0 Å². The van der Waals surface area contributed by atoms with Crippen LogP contribution in [-0.2, 0) is 16.1 Å². The van der Waals surface area contributed by atoms with E-state index in [1.54, 1.807) is 0 Å². The number of fused-ring (bicyclic) bond motifs is 1. The number of para-hydroxylation sites is 1. The lowest BCUT2D eigenvalue weighted by atomic mass is 10.2. The lowest BCUT2D eigenvalue weighted by Gasteiger charge is -2.04. The molecular formula is C15H21NO2. The highest BCUT2D eigenvalue weighted by Gasteiger charge is 2.02. The molecule has 0 saturated carbocycles. The van der Waals surface area contributed by atoms with Crippen LogP contribution in [0.5, 0.6) is 0 Å². The summed E-state index contributed by atoms with van der Waals surface area (Å²) in [5.74, 6) is 0. The van der Waals surface area contributed by atoms with Gasteiger partial charge in [-0.1, -0.05) is 31.5 Å². The Morgan fingerprint density at radius 2 is 1.89 bits per heavy atom. The minimum Gasteiger partial charge on any atom is -0.379 e. The zero-order valence-corrected chi connectivity index (χ0v) is 10.9. The van der Waals surface area contributed by atoms with Gasteiger partial charge in [0.25, 0.3) is 0 Å². The molecule has 2 rings (SSSR count). The first-order valence-corrected chi connectivity index (χ1v) is 6.62. The second kappa shape index (κ2) is 7.19. The summed E-state index contributed by atoms with van der Waals surface area (Å²) in [6.45, 7) is 4.98. The average Bonchev–Trinajstić information content (AvgIpc) is 2.81. The SMILES string of the molecule is CCCCOCCOCc1c[nH]c2ccccc12. The summed E-state index contributed by atoms with van der Waals surface area (Å²) in [6.07, 6.45) is 4.32. The van der Waals surface area contributed by atoms with Gasteiger partial charge >= 0.3 is 0 Å². The molecule has 1 heterocycles. The van der Waals surface area contributed by atoms with E-state index in [9.17, 15) is 0 Å². The van der Waals surface area contributed by atoms with E-state index in [4.69, 9.17) is 9.47 Å². The van der Waals surface area contributed by atoms with Gasteiger partial charge in [-0.05, 0) is 12.5 Å². The topological polar surface area (TPSA) is 34.2 Å². The molecule has 1 aromatic carbocycles. The van der Waals surface area contributed by atoms with Gasteiger partial charge in [-0.15, -0.1) is 0 Å². The van der Waals surface area contributed by atoms with Crippen LogP contribution in [0.25, 0.3) is 10.9 Å². The molecular weight excluding hydrogens is 226 g/mol. The Kier molecular flexibility index (Phi) is 5.24. The third-order valence-corrected chi connectivity index (χ3v) is 2.95. The number of aromatic nitrogens is 1. The molecule has 2 aromatic rings. The van der Waals surface area contributed by atoms with Crippen molar-refractivity contribution in [2.24, 2.45) is 0 Å². The third-order valence-electron chi connectivity index (χ3n) is 2.95. The number of nitrogens with one attached hydrogen (secondary N) is 1. The molecule has 0 unspecified atom stereocenters. The maximum atomic E-state index is 5.62. The lowest BCUT2D eigenvalue weighted by molar-refractivity contribution is 0.0400. The zero-order chi connectivity index (χ0) is 12.6. The number of H-pyrrole nitrogens is 1. The van der Waals surface area contributed by atoms with Crippen molar-refractivity contribution in [1.82, 2.24) is 4.98 Å². The molecule has 0 aliphatic carbocycles. The molecule has 98 valence electrons. The van der Waals surface area contributed by atoms with Crippen LogP contribution in [0.3, 0.4) is 0 Å². The first kappa shape index (κ1) is 13.1. The summed E-state index contributed by atoms with van der Waals surface area (Å²) in [5.41, 5.74) is 2.37. The molecule has 1 N–H and O–H groups in total. The highest BCUT2D eigenvalue weighted by molar-refractivity contribution is 5.82. The fourth-order valence-electron chi connectivity index (χ4n) is 1.90. The van der Waals surface area contributed by atoms with Crippen molar-refractivity contribution in [1.29, 1.82) is 0 Å². The fraction of sp³-hybridized carbons (Fsp3) is 0.467. The Bertz CT molecular complexity index is 464. The van der Waals surface area contributed by atoms with Crippen molar-refractivity contribution < 1.29 is 9.47 Å². The van der Waals surface area contributed by atoms with E-state index in [-0.39, 0.29) is 0 Å². The average molecular weight is 247 g/mol. The first-order valence-electron chi connectivity index (χ1n) is 6.62. The Morgan fingerprint density at radius 1 is 1.06 bits per heavy atom. The van der Waals surface area contributed by atoms with E-state index < -0.39 is 0 Å². The predicted molar refractivity (Wildman–Crippen MR) is 73.7 cm³/mol. The molecule has 3 heteroatoms. The van der Waals surface area contributed by atoms with E-state index in [2.05, 4.69) is 24.0 Å². The summed E-state index contributed by atoms with van der Waals surface area (Å²) in [7, 11) is 0. The number of hydrogen-bond donors (Lipinski definition) is 1. The minimum absolute atomic E-state index is 0.640. The second-order valence-corrected chi connectivity index (χ2v) is 4.38. The van der Waals surface area contributed by atoms with Gasteiger partial charge in [-0.3, -0.25) is 0 Å². The standard InChI is InChI=1S/C15H21NO2/c1-2-3-8-17-9-10-18-12-13-11-16-15-7-5-4-6-14(13)15/h4-7,11,16H,2-3,8-10,12H2,1H3. The molecule has 0 amide bonds. The number of benzene rings is 1. The van der Waals surface area contributed by atoms with Gasteiger partial charge in [0, 0.05) is 29.3 Å². The smallest absolute Gasteiger partial charge is 0.0738 e. The highest BCUT2D eigenvalue weighted by Crippen LogP contribution is 2.18. The summed E-state index contributed by atoms with van der Waals surface area (Å²) in [5, 5.41) is 1.24. The predicted octanol–water partition coefficient (Wildman–Crippen LogP) is 3.50. The van der Waals surface area contributed by atoms with Gasteiger partial charge in [0.05, 0.1) is 19.8 Å².